The van der Waals surface area contributed by atoms with Gasteiger partial charge in [-0.1, -0.05) is 13.0 Å². The number of carbonyl (C=O) groups excluding carboxylic acids is 1. The van der Waals surface area contributed by atoms with E-state index in [9.17, 15) is 14.0 Å². The van der Waals surface area contributed by atoms with E-state index in [0.717, 1.165) is 12.5 Å². The van der Waals surface area contributed by atoms with Crippen LogP contribution in [0.1, 0.15) is 48.0 Å². The summed E-state index contributed by atoms with van der Waals surface area (Å²) in [6.07, 6.45) is 0.841. The second-order valence-corrected chi connectivity index (χ2v) is 7.70. The van der Waals surface area contributed by atoms with Gasteiger partial charge in [0.15, 0.2) is 16.9 Å². The van der Waals surface area contributed by atoms with Gasteiger partial charge in [-0.2, -0.15) is 0 Å². The standard InChI is InChI=1S/C25H26FNO6/c1-4-11-32-19-8-6-15(13-20(19)31-5-2)22-21-23(28)17-14-16(26)7-9-18(17)33-24(21)25(29)27(22)10-12-30-3/h6-9,13-14,22H,4-5,10-12H2,1-3H3. The molecule has 0 aliphatic carbocycles. The predicted molar refractivity (Wildman–Crippen MR) is 121 cm³/mol. The molecule has 4 rings (SSSR count). The van der Waals surface area contributed by atoms with Gasteiger partial charge < -0.3 is 23.5 Å². The summed E-state index contributed by atoms with van der Waals surface area (Å²) >= 11 is 0. The summed E-state index contributed by atoms with van der Waals surface area (Å²) in [4.78, 5) is 28.3. The fourth-order valence-electron chi connectivity index (χ4n) is 4.05. The number of halogens is 1. The molecule has 1 amide bonds. The number of methoxy groups -OCH3 is 1. The van der Waals surface area contributed by atoms with Crippen LogP contribution in [0.2, 0.25) is 0 Å². The van der Waals surface area contributed by atoms with E-state index in [4.69, 9.17) is 18.6 Å². The van der Waals surface area contributed by atoms with Crippen molar-refractivity contribution in [3.8, 4) is 11.5 Å². The third-order valence-corrected chi connectivity index (χ3v) is 5.51. The summed E-state index contributed by atoms with van der Waals surface area (Å²) in [6, 6.07) is 8.31. The fraction of sp³-hybridized carbons (Fsp3) is 0.360. The molecule has 0 fully saturated rings. The van der Waals surface area contributed by atoms with Gasteiger partial charge in [-0.05, 0) is 49.2 Å². The predicted octanol–water partition coefficient (Wildman–Crippen LogP) is 4.31. The molecule has 1 unspecified atom stereocenters. The molecule has 1 aliphatic rings. The Hall–Kier alpha value is -3.39. The molecule has 1 atom stereocenters. The molecule has 1 aliphatic heterocycles. The third kappa shape index (κ3) is 4.18. The molecule has 1 aromatic heterocycles. The maximum absolute atomic E-state index is 13.9. The van der Waals surface area contributed by atoms with Crippen LogP contribution in [0.5, 0.6) is 11.5 Å². The van der Waals surface area contributed by atoms with Gasteiger partial charge in [-0.3, -0.25) is 9.59 Å². The monoisotopic (exact) mass is 455 g/mol. The molecule has 174 valence electrons. The number of amides is 1. The van der Waals surface area contributed by atoms with E-state index in [1.807, 2.05) is 13.8 Å². The Labute approximate surface area is 190 Å². The second kappa shape index (κ2) is 9.62. The highest BCUT2D eigenvalue weighted by Gasteiger charge is 2.42. The topological polar surface area (TPSA) is 78.2 Å². The van der Waals surface area contributed by atoms with Crippen LogP contribution in [0.4, 0.5) is 4.39 Å². The van der Waals surface area contributed by atoms with Crippen LogP contribution in [0.15, 0.2) is 45.6 Å². The molecule has 2 aromatic carbocycles. The van der Waals surface area contributed by atoms with Crippen molar-refractivity contribution in [3.05, 3.63) is 69.3 Å². The summed E-state index contributed by atoms with van der Waals surface area (Å²) in [5, 5.41) is 0.0908. The first kappa shape index (κ1) is 22.8. The van der Waals surface area contributed by atoms with E-state index in [1.54, 1.807) is 18.2 Å². The van der Waals surface area contributed by atoms with E-state index >= 15 is 0 Å². The van der Waals surface area contributed by atoms with Crippen molar-refractivity contribution in [1.29, 1.82) is 0 Å². The van der Waals surface area contributed by atoms with Gasteiger partial charge in [0, 0.05) is 13.7 Å². The van der Waals surface area contributed by atoms with Gasteiger partial charge in [-0.15, -0.1) is 0 Å². The van der Waals surface area contributed by atoms with Crippen molar-refractivity contribution < 1.29 is 27.8 Å². The Morgan fingerprint density at radius 3 is 2.58 bits per heavy atom. The Balaban J connectivity index is 1.90. The number of hydrogen-bond acceptors (Lipinski definition) is 6. The largest absolute Gasteiger partial charge is 0.490 e. The minimum Gasteiger partial charge on any atom is -0.490 e. The number of hydrogen-bond donors (Lipinski definition) is 0. The number of fused-ring (bicyclic) bond motifs is 2. The number of rotatable bonds is 9. The minimum atomic E-state index is -0.731. The van der Waals surface area contributed by atoms with Crippen molar-refractivity contribution in [3.63, 3.8) is 0 Å². The first-order valence-corrected chi connectivity index (χ1v) is 11.0. The van der Waals surface area contributed by atoms with Crippen LogP contribution in [0, 0.1) is 5.82 Å². The van der Waals surface area contributed by atoms with Crippen LogP contribution in [-0.4, -0.2) is 44.3 Å². The van der Waals surface area contributed by atoms with Gasteiger partial charge in [-0.25, -0.2) is 4.39 Å². The van der Waals surface area contributed by atoms with Crippen molar-refractivity contribution in [2.45, 2.75) is 26.3 Å². The smallest absolute Gasteiger partial charge is 0.290 e. The average molecular weight is 455 g/mol. The second-order valence-electron chi connectivity index (χ2n) is 7.70. The number of ether oxygens (including phenoxy) is 3. The molecule has 0 N–H and O–H groups in total. The van der Waals surface area contributed by atoms with Gasteiger partial charge >= 0.3 is 0 Å². The molecule has 33 heavy (non-hydrogen) atoms. The highest BCUT2D eigenvalue weighted by Crippen LogP contribution is 2.41. The quantitative estimate of drug-likeness (QED) is 0.479. The van der Waals surface area contributed by atoms with Crippen molar-refractivity contribution >= 4 is 16.9 Å². The van der Waals surface area contributed by atoms with Gasteiger partial charge in [0.05, 0.1) is 36.8 Å². The van der Waals surface area contributed by atoms with E-state index in [-0.39, 0.29) is 35.4 Å². The molecule has 0 saturated heterocycles. The lowest BCUT2D eigenvalue weighted by molar-refractivity contribution is 0.0663. The summed E-state index contributed by atoms with van der Waals surface area (Å²) in [5.41, 5.74) is 0.569. The van der Waals surface area contributed by atoms with Crippen LogP contribution in [0.25, 0.3) is 11.0 Å². The molecule has 0 saturated carbocycles. The lowest BCUT2D eigenvalue weighted by Gasteiger charge is -2.25. The lowest BCUT2D eigenvalue weighted by atomic mass is 9.98. The first-order chi connectivity index (χ1) is 16.0. The highest BCUT2D eigenvalue weighted by molar-refractivity contribution is 5.99. The van der Waals surface area contributed by atoms with Gasteiger partial charge in [0.1, 0.15) is 11.4 Å². The van der Waals surface area contributed by atoms with Crippen LogP contribution in [0.3, 0.4) is 0 Å². The molecule has 0 radical (unpaired) electrons. The fourth-order valence-corrected chi connectivity index (χ4v) is 4.05. The van der Waals surface area contributed by atoms with E-state index in [0.29, 0.717) is 30.3 Å². The Bertz CT molecular complexity index is 1240. The molecular formula is C25H26FNO6. The molecule has 8 heteroatoms. The van der Waals surface area contributed by atoms with E-state index < -0.39 is 23.2 Å². The van der Waals surface area contributed by atoms with E-state index in [2.05, 4.69) is 0 Å². The Morgan fingerprint density at radius 2 is 1.85 bits per heavy atom. The van der Waals surface area contributed by atoms with Crippen molar-refractivity contribution in [2.75, 3.05) is 33.5 Å². The zero-order valence-electron chi connectivity index (χ0n) is 18.9. The average Bonchev–Trinajstić information content (AvgIpc) is 3.09. The third-order valence-electron chi connectivity index (χ3n) is 5.51. The first-order valence-electron chi connectivity index (χ1n) is 11.0. The normalized spacial score (nSPS) is 15.2. The van der Waals surface area contributed by atoms with Crippen molar-refractivity contribution in [2.24, 2.45) is 0 Å². The van der Waals surface area contributed by atoms with Crippen LogP contribution >= 0.6 is 0 Å². The van der Waals surface area contributed by atoms with Crippen LogP contribution < -0.4 is 14.9 Å². The summed E-state index contributed by atoms with van der Waals surface area (Å²) in [5.74, 6) is 0.0994. The number of benzene rings is 2. The zero-order valence-corrected chi connectivity index (χ0v) is 18.9. The van der Waals surface area contributed by atoms with E-state index in [1.165, 1.54) is 24.1 Å². The molecular weight excluding hydrogens is 429 g/mol. The van der Waals surface area contributed by atoms with Gasteiger partial charge in [0.2, 0.25) is 5.76 Å². The van der Waals surface area contributed by atoms with Gasteiger partial charge in [0.25, 0.3) is 5.91 Å². The Kier molecular flexibility index (Phi) is 6.65. The molecule has 2 heterocycles. The number of carbonyl (C=O) groups is 1. The summed E-state index contributed by atoms with van der Waals surface area (Å²) < 4.78 is 36.5. The number of nitrogens with zero attached hydrogens (tertiary/aromatic N) is 1. The maximum atomic E-state index is 13.9. The van der Waals surface area contributed by atoms with Crippen LogP contribution in [-0.2, 0) is 4.74 Å². The Morgan fingerprint density at radius 1 is 1.03 bits per heavy atom. The maximum Gasteiger partial charge on any atom is 0.290 e. The van der Waals surface area contributed by atoms with Crippen molar-refractivity contribution in [1.82, 2.24) is 4.90 Å². The molecule has 3 aromatic rings. The SMILES string of the molecule is CCCOc1ccc(C2c3c(oc4ccc(F)cc4c3=O)C(=O)N2CCOC)cc1OCC. The zero-order chi connectivity index (χ0) is 23.5. The molecule has 0 spiro atoms. The minimum absolute atomic E-state index is 0.0375. The molecule has 0 bridgehead atoms. The molecule has 7 nitrogen and oxygen atoms in total. The highest BCUT2D eigenvalue weighted by atomic mass is 19.1. The summed E-state index contributed by atoms with van der Waals surface area (Å²) in [6.45, 7) is 5.35. The summed E-state index contributed by atoms with van der Waals surface area (Å²) in [7, 11) is 1.54. The lowest BCUT2D eigenvalue weighted by Crippen LogP contribution is -2.32.